The fourth-order valence-electron chi connectivity index (χ4n) is 4.01. The van der Waals surface area contributed by atoms with E-state index in [1.807, 2.05) is 0 Å². The molecule has 2 N–H and O–H groups in total. The van der Waals surface area contributed by atoms with Crippen molar-refractivity contribution in [3.8, 4) is 17.3 Å². The normalized spacial score (nSPS) is 12.7. The lowest BCUT2D eigenvalue weighted by Crippen LogP contribution is -2.50. The number of phenolic OH excluding ortho intramolecular Hbond substituents is 1. The van der Waals surface area contributed by atoms with E-state index in [-0.39, 0.29) is 17.1 Å². The maximum Gasteiger partial charge on any atom is 0.418 e. The Balaban J connectivity index is 1.83. The summed E-state index contributed by atoms with van der Waals surface area (Å²) < 4.78 is 48.0. The first-order valence-corrected chi connectivity index (χ1v) is 12.2. The maximum atomic E-state index is 14.2. The van der Waals surface area contributed by atoms with Crippen LogP contribution in [-0.4, -0.2) is 42.7 Å². The summed E-state index contributed by atoms with van der Waals surface area (Å²) in [6.07, 6.45) is -4.84. The van der Waals surface area contributed by atoms with Gasteiger partial charge in [-0.25, -0.2) is 0 Å². The number of furan rings is 1. The number of carbonyl (C=O) groups is 2. The highest BCUT2D eigenvalue weighted by Gasteiger charge is 2.41. The van der Waals surface area contributed by atoms with E-state index in [2.05, 4.69) is 20.7 Å². The van der Waals surface area contributed by atoms with Crippen LogP contribution in [-0.2, 0) is 22.3 Å². The second kappa shape index (κ2) is 10.8. The molecule has 0 radical (unpaired) electrons. The van der Waals surface area contributed by atoms with E-state index in [1.54, 1.807) is 39.8 Å². The minimum Gasteiger partial charge on any atom is -0.508 e. The van der Waals surface area contributed by atoms with Gasteiger partial charge in [0.25, 0.3) is 5.91 Å². The Bertz CT molecular complexity index is 1510. The Morgan fingerprint density at radius 2 is 1.73 bits per heavy atom. The number of alkyl halides is 3. The van der Waals surface area contributed by atoms with E-state index in [0.717, 1.165) is 21.8 Å². The van der Waals surface area contributed by atoms with E-state index < -0.39 is 47.4 Å². The van der Waals surface area contributed by atoms with Crippen LogP contribution in [0, 0.1) is 6.92 Å². The zero-order valence-corrected chi connectivity index (χ0v) is 22.1. The number of nitrogens with one attached hydrogen (secondary N) is 1. The highest BCUT2D eigenvalue weighted by atomic mass is 19.4. The highest BCUT2D eigenvalue weighted by Crippen LogP contribution is 2.40. The zero-order chi connectivity index (χ0) is 29.2. The van der Waals surface area contributed by atoms with Crippen LogP contribution >= 0.6 is 0 Å². The average Bonchev–Trinajstić information content (AvgIpc) is 3.50. The van der Waals surface area contributed by atoms with Crippen molar-refractivity contribution in [1.29, 1.82) is 0 Å². The summed E-state index contributed by atoms with van der Waals surface area (Å²) in [4.78, 5) is 29.2. The number of hydrogen-bond donors (Lipinski definition) is 2. The van der Waals surface area contributed by atoms with Gasteiger partial charge in [-0.3, -0.25) is 14.5 Å². The van der Waals surface area contributed by atoms with Gasteiger partial charge < -0.3 is 14.8 Å². The first kappa shape index (κ1) is 28.3. The molecular formula is C27H27F3N6O4. The van der Waals surface area contributed by atoms with E-state index in [4.69, 9.17) is 4.42 Å². The number of aromatic hydroxyl groups is 1. The molecule has 13 heteroatoms. The fraction of sp³-hybridized carbons (Fsp3) is 0.296. The van der Waals surface area contributed by atoms with Gasteiger partial charge in [-0.2, -0.15) is 18.0 Å². The van der Waals surface area contributed by atoms with Crippen molar-refractivity contribution in [1.82, 2.24) is 25.5 Å². The molecule has 0 spiro atoms. The van der Waals surface area contributed by atoms with Crippen LogP contribution in [0.1, 0.15) is 43.7 Å². The van der Waals surface area contributed by atoms with Gasteiger partial charge in [0.15, 0.2) is 5.76 Å². The van der Waals surface area contributed by atoms with Crippen molar-refractivity contribution >= 4 is 17.5 Å². The summed E-state index contributed by atoms with van der Waals surface area (Å²) in [5, 5.41) is 24.4. The van der Waals surface area contributed by atoms with Gasteiger partial charge in [0.05, 0.1) is 11.3 Å². The van der Waals surface area contributed by atoms with Gasteiger partial charge in [-0.05, 0) is 74.9 Å². The number of tetrazole rings is 1. The van der Waals surface area contributed by atoms with Crippen LogP contribution in [0.3, 0.4) is 0 Å². The van der Waals surface area contributed by atoms with E-state index in [9.17, 15) is 27.9 Å². The van der Waals surface area contributed by atoms with Crippen LogP contribution in [0.15, 0.2) is 65.1 Å². The molecule has 10 nitrogen and oxygen atoms in total. The Morgan fingerprint density at radius 1 is 1.05 bits per heavy atom. The zero-order valence-electron chi connectivity index (χ0n) is 22.1. The monoisotopic (exact) mass is 556 g/mol. The third-order valence-corrected chi connectivity index (χ3v) is 5.64. The molecule has 40 heavy (non-hydrogen) atoms. The number of aromatic nitrogens is 4. The van der Waals surface area contributed by atoms with Crippen molar-refractivity contribution < 1.29 is 32.3 Å². The molecule has 0 aliphatic carbocycles. The molecule has 0 saturated carbocycles. The number of aryl methyl sites for hydroxylation is 1. The van der Waals surface area contributed by atoms with E-state index in [0.29, 0.717) is 11.5 Å². The molecule has 2 amide bonds. The average molecular weight is 557 g/mol. The predicted molar refractivity (Wildman–Crippen MR) is 138 cm³/mol. The Hall–Kier alpha value is -4.68. The van der Waals surface area contributed by atoms with E-state index in [1.165, 1.54) is 36.4 Å². The van der Waals surface area contributed by atoms with Crippen LogP contribution < -0.4 is 10.2 Å². The highest BCUT2D eigenvalue weighted by molar-refractivity contribution is 6.02. The molecule has 1 atom stereocenters. The first-order valence-electron chi connectivity index (χ1n) is 12.2. The van der Waals surface area contributed by atoms with Gasteiger partial charge in [0.2, 0.25) is 11.7 Å². The Kier molecular flexibility index (Phi) is 7.67. The number of hydrogen-bond acceptors (Lipinski definition) is 7. The molecule has 0 saturated heterocycles. The topological polar surface area (TPSA) is 126 Å². The quantitative estimate of drug-likeness (QED) is 0.339. The predicted octanol–water partition coefficient (Wildman–Crippen LogP) is 4.66. The summed E-state index contributed by atoms with van der Waals surface area (Å²) >= 11 is 0. The molecule has 0 fully saturated rings. The molecule has 2 aromatic carbocycles. The van der Waals surface area contributed by atoms with Crippen molar-refractivity contribution in [2.24, 2.45) is 0 Å². The first-order chi connectivity index (χ1) is 18.7. The van der Waals surface area contributed by atoms with Gasteiger partial charge in [-0.15, -0.1) is 10.2 Å². The van der Waals surface area contributed by atoms with Gasteiger partial charge >= 0.3 is 6.18 Å². The van der Waals surface area contributed by atoms with Gasteiger partial charge in [-0.1, -0.05) is 24.3 Å². The standard InChI is InChI=1S/C27H27F3N6O4/c1-16-9-14-21(40-16)24-32-34-35(33-24)15-22(38)36(20-8-6-5-7-19(20)27(28,29)30)23(25(39)31-26(2,3)4)17-10-12-18(37)13-11-17/h5-14,23,37H,15H2,1-4H3,(H,31,39). The summed E-state index contributed by atoms with van der Waals surface area (Å²) in [5.74, 6) is -0.815. The third kappa shape index (κ3) is 6.47. The molecule has 4 rings (SSSR count). The van der Waals surface area contributed by atoms with Crippen LogP contribution in [0.5, 0.6) is 5.75 Å². The molecule has 1 unspecified atom stereocenters. The summed E-state index contributed by atoms with van der Waals surface area (Å²) in [6, 6.07) is 11.5. The van der Waals surface area contributed by atoms with Gasteiger partial charge in [0, 0.05) is 5.54 Å². The number of nitrogens with zero attached hydrogens (tertiary/aromatic N) is 5. The minimum absolute atomic E-state index is 0.0729. The maximum absolute atomic E-state index is 14.2. The number of para-hydroxylation sites is 1. The lowest BCUT2D eigenvalue weighted by atomic mass is 9.99. The van der Waals surface area contributed by atoms with Crippen molar-refractivity contribution in [2.75, 3.05) is 4.90 Å². The smallest absolute Gasteiger partial charge is 0.418 e. The summed E-state index contributed by atoms with van der Waals surface area (Å²) in [6.45, 7) is 6.18. The lowest BCUT2D eigenvalue weighted by Gasteiger charge is -2.35. The largest absolute Gasteiger partial charge is 0.508 e. The second-order valence-corrected chi connectivity index (χ2v) is 10.1. The third-order valence-electron chi connectivity index (χ3n) is 5.64. The van der Waals surface area contributed by atoms with E-state index >= 15 is 0 Å². The van der Waals surface area contributed by atoms with Crippen molar-refractivity contribution in [3.05, 3.63) is 77.6 Å². The fourth-order valence-corrected chi connectivity index (χ4v) is 4.01. The second-order valence-electron chi connectivity index (χ2n) is 10.1. The Morgan fingerprint density at radius 3 is 2.33 bits per heavy atom. The molecule has 210 valence electrons. The van der Waals surface area contributed by atoms with Crippen LogP contribution in [0.4, 0.5) is 18.9 Å². The van der Waals surface area contributed by atoms with Crippen LogP contribution in [0.2, 0.25) is 0 Å². The number of rotatable bonds is 7. The van der Waals surface area contributed by atoms with Crippen LogP contribution in [0.25, 0.3) is 11.6 Å². The molecule has 2 aromatic heterocycles. The van der Waals surface area contributed by atoms with Crippen molar-refractivity contribution in [3.63, 3.8) is 0 Å². The number of benzene rings is 2. The summed E-state index contributed by atoms with van der Waals surface area (Å²) in [5.41, 5.74) is -2.27. The number of anilines is 1. The summed E-state index contributed by atoms with van der Waals surface area (Å²) in [7, 11) is 0. The number of halogens is 3. The van der Waals surface area contributed by atoms with Gasteiger partial charge in [0.1, 0.15) is 24.1 Å². The molecule has 0 aliphatic heterocycles. The number of carbonyl (C=O) groups excluding carboxylic acids is 2. The molecular weight excluding hydrogens is 529 g/mol. The molecule has 4 aromatic rings. The Labute approximate surface area is 227 Å². The molecule has 0 bridgehead atoms. The number of phenols is 1. The lowest BCUT2D eigenvalue weighted by molar-refractivity contribution is -0.137. The molecule has 2 heterocycles. The number of amides is 2. The van der Waals surface area contributed by atoms with Crippen molar-refractivity contribution in [2.45, 2.75) is 52.0 Å². The molecule has 0 aliphatic rings. The SMILES string of the molecule is Cc1ccc(-c2nnn(CC(=O)N(c3ccccc3C(F)(F)F)C(C(=O)NC(C)(C)C)c3ccc(O)cc3)n2)o1. The minimum atomic E-state index is -4.84.